The predicted octanol–water partition coefficient (Wildman–Crippen LogP) is 3.16. The fraction of sp³-hybridized carbons (Fsp3) is 0.333. The van der Waals surface area contributed by atoms with Gasteiger partial charge in [-0.3, -0.25) is 9.59 Å². The third kappa shape index (κ3) is 4.71. The van der Waals surface area contributed by atoms with E-state index < -0.39 is 0 Å². The van der Waals surface area contributed by atoms with Crippen LogP contribution in [0.5, 0.6) is 5.75 Å². The lowest BCUT2D eigenvalue weighted by molar-refractivity contribution is -0.134. The Morgan fingerprint density at radius 1 is 0.939 bits per heavy atom. The van der Waals surface area contributed by atoms with E-state index in [1.54, 1.807) is 38.7 Å². The van der Waals surface area contributed by atoms with Gasteiger partial charge in [0.15, 0.2) is 12.3 Å². The van der Waals surface area contributed by atoms with Gasteiger partial charge in [0.1, 0.15) is 5.75 Å². The van der Waals surface area contributed by atoms with Gasteiger partial charge in [-0.25, -0.2) is 4.68 Å². The van der Waals surface area contributed by atoms with E-state index in [0.717, 1.165) is 24.2 Å². The van der Waals surface area contributed by atoms with E-state index >= 15 is 0 Å². The van der Waals surface area contributed by atoms with Gasteiger partial charge in [0.05, 0.1) is 11.4 Å². The molecule has 33 heavy (non-hydrogen) atoms. The first kappa shape index (κ1) is 21.5. The molecule has 0 spiro atoms. The van der Waals surface area contributed by atoms with E-state index in [-0.39, 0.29) is 18.4 Å². The Hall–Kier alpha value is -3.39. The summed E-state index contributed by atoms with van der Waals surface area (Å²) in [6, 6.07) is 16.7. The molecule has 8 nitrogen and oxygen atoms in total. The van der Waals surface area contributed by atoms with E-state index in [9.17, 15) is 9.59 Å². The highest BCUT2D eigenvalue weighted by Gasteiger charge is 2.36. The molecule has 0 unspecified atom stereocenters. The average molecular weight is 466 g/mol. The molecule has 170 valence electrons. The van der Waals surface area contributed by atoms with Crippen LogP contribution in [0, 0.1) is 0 Å². The van der Waals surface area contributed by atoms with Crippen LogP contribution >= 0.6 is 11.6 Å². The molecule has 2 heterocycles. The SMILES string of the molecule is O=C(COc1ccc(Cl)cc1)N1CCN(C(=O)c2nnn(-c3ccccc3)c2C2CC2)CC1. The number of para-hydroxylation sites is 1. The van der Waals surface area contributed by atoms with Crippen LogP contribution in [-0.4, -0.2) is 69.4 Å². The zero-order valence-corrected chi connectivity index (χ0v) is 18.8. The Bertz CT molecular complexity index is 1140. The van der Waals surface area contributed by atoms with Crippen LogP contribution < -0.4 is 4.74 Å². The molecule has 2 aromatic carbocycles. The third-order valence-corrected chi connectivity index (χ3v) is 6.22. The van der Waals surface area contributed by atoms with Crippen molar-refractivity contribution in [1.82, 2.24) is 24.8 Å². The van der Waals surface area contributed by atoms with Crippen molar-refractivity contribution in [3.05, 3.63) is 71.0 Å². The van der Waals surface area contributed by atoms with Gasteiger partial charge in [0.2, 0.25) is 0 Å². The molecule has 2 aliphatic rings. The van der Waals surface area contributed by atoms with Gasteiger partial charge in [0.25, 0.3) is 11.8 Å². The normalized spacial score (nSPS) is 16.0. The van der Waals surface area contributed by atoms with Crippen molar-refractivity contribution in [2.75, 3.05) is 32.8 Å². The molecule has 9 heteroatoms. The number of amides is 2. The maximum Gasteiger partial charge on any atom is 0.276 e. The van der Waals surface area contributed by atoms with Crippen molar-refractivity contribution in [3.63, 3.8) is 0 Å². The zero-order valence-electron chi connectivity index (χ0n) is 18.1. The summed E-state index contributed by atoms with van der Waals surface area (Å²) in [6.45, 7) is 1.77. The van der Waals surface area contributed by atoms with Gasteiger partial charge in [-0.15, -0.1) is 5.10 Å². The molecular formula is C24H24ClN5O3. The predicted molar refractivity (Wildman–Crippen MR) is 123 cm³/mol. The topological polar surface area (TPSA) is 80.6 Å². The van der Waals surface area contributed by atoms with Gasteiger partial charge >= 0.3 is 0 Å². The van der Waals surface area contributed by atoms with Crippen LogP contribution in [-0.2, 0) is 4.79 Å². The summed E-state index contributed by atoms with van der Waals surface area (Å²) in [4.78, 5) is 29.3. The number of carbonyl (C=O) groups excluding carboxylic acids is 2. The lowest BCUT2D eigenvalue weighted by Gasteiger charge is -2.34. The van der Waals surface area contributed by atoms with Crippen molar-refractivity contribution in [2.24, 2.45) is 0 Å². The summed E-state index contributed by atoms with van der Waals surface area (Å²) >= 11 is 5.87. The summed E-state index contributed by atoms with van der Waals surface area (Å²) < 4.78 is 7.35. The molecule has 0 bridgehead atoms. The largest absolute Gasteiger partial charge is 0.484 e. The van der Waals surface area contributed by atoms with Crippen molar-refractivity contribution < 1.29 is 14.3 Å². The average Bonchev–Trinajstić information content (AvgIpc) is 3.61. The first-order chi connectivity index (χ1) is 16.1. The van der Waals surface area contributed by atoms with Crippen LogP contribution in [0.4, 0.5) is 0 Å². The molecule has 1 saturated carbocycles. The number of aromatic nitrogens is 3. The summed E-state index contributed by atoms with van der Waals surface area (Å²) in [6.07, 6.45) is 2.08. The van der Waals surface area contributed by atoms with Gasteiger partial charge in [0, 0.05) is 37.1 Å². The summed E-state index contributed by atoms with van der Waals surface area (Å²) in [7, 11) is 0. The quantitative estimate of drug-likeness (QED) is 0.558. The van der Waals surface area contributed by atoms with Gasteiger partial charge in [-0.1, -0.05) is 35.0 Å². The molecule has 3 aromatic rings. The molecule has 2 amide bonds. The molecule has 5 rings (SSSR count). The number of hydrogen-bond acceptors (Lipinski definition) is 5. The molecule has 2 fully saturated rings. The number of carbonyl (C=O) groups is 2. The zero-order chi connectivity index (χ0) is 22.8. The minimum atomic E-state index is -0.122. The Labute approximate surface area is 196 Å². The number of ether oxygens (including phenoxy) is 1. The monoisotopic (exact) mass is 465 g/mol. The fourth-order valence-corrected chi connectivity index (χ4v) is 4.13. The molecular weight excluding hydrogens is 442 g/mol. The smallest absolute Gasteiger partial charge is 0.276 e. The number of benzene rings is 2. The second-order valence-electron chi connectivity index (χ2n) is 8.26. The maximum absolute atomic E-state index is 13.3. The van der Waals surface area contributed by atoms with Gasteiger partial charge in [-0.2, -0.15) is 0 Å². The van der Waals surface area contributed by atoms with Crippen LogP contribution in [0.3, 0.4) is 0 Å². The minimum Gasteiger partial charge on any atom is -0.484 e. The number of nitrogens with zero attached hydrogens (tertiary/aromatic N) is 5. The van der Waals surface area contributed by atoms with Crippen LogP contribution in [0.15, 0.2) is 54.6 Å². The number of piperazine rings is 1. The van der Waals surface area contributed by atoms with E-state index in [1.807, 2.05) is 30.3 Å². The van der Waals surface area contributed by atoms with E-state index in [1.165, 1.54) is 0 Å². The molecule has 1 aromatic heterocycles. The van der Waals surface area contributed by atoms with Crippen LogP contribution in [0.1, 0.15) is 34.9 Å². The highest BCUT2D eigenvalue weighted by Crippen LogP contribution is 2.42. The summed E-state index contributed by atoms with van der Waals surface area (Å²) in [5, 5.41) is 9.17. The Balaban J connectivity index is 1.21. The molecule has 0 radical (unpaired) electrons. The number of hydrogen-bond donors (Lipinski definition) is 0. The Kier molecular flexibility index (Phi) is 6.00. The Morgan fingerprint density at radius 3 is 2.27 bits per heavy atom. The van der Waals surface area contributed by atoms with Crippen LogP contribution in [0.2, 0.25) is 5.02 Å². The summed E-state index contributed by atoms with van der Waals surface area (Å²) in [5.74, 6) is 0.678. The van der Waals surface area contributed by atoms with E-state index in [4.69, 9.17) is 16.3 Å². The van der Waals surface area contributed by atoms with Crippen LogP contribution in [0.25, 0.3) is 5.69 Å². The molecule has 0 atom stereocenters. The highest BCUT2D eigenvalue weighted by molar-refractivity contribution is 6.30. The van der Waals surface area contributed by atoms with Crippen molar-refractivity contribution in [3.8, 4) is 11.4 Å². The fourth-order valence-electron chi connectivity index (χ4n) is 4.00. The molecule has 1 aliphatic carbocycles. The maximum atomic E-state index is 13.3. The minimum absolute atomic E-state index is 0.0488. The van der Waals surface area contributed by atoms with Gasteiger partial charge < -0.3 is 14.5 Å². The molecule has 1 saturated heterocycles. The second-order valence-corrected chi connectivity index (χ2v) is 8.70. The molecule has 1 aliphatic heterocycles. The lowest BCUT2D eigenvalue weighted by Crippen LogP contribution is -2.51. The van der Waals surface area contributed by atoms with Crippen molar-refractivity contribution in [2.45, 2.75) is 18.8 Å². The molecule has 0 N–H and O–H groups in total. The number of rotatable bonds is 6. The van der Waals surface area contributed by atoms with Crippen molar-refractivity contribution >= 4 is 23.4 Å². The Morgan fingerprint density at radius 2 is 1.61 bits per heavy atom. The first-order valence-electron chi connectivity index (χ1n) is 11.1. The third-order valence-electron chi connectivity index (χ3n) is 5.97. The first-order valence-corrected chi connectivity index (χ1v) is 11.4. The van der Waals surface area contributed by atoms with E-state index in [0.29, 0.717) is 48.6 Å². The summed E-state index contributed by atoms with van der Waals surface area (Å²) in [5.41, 5.74) is 2.22. The highest BCUT2D eigenvalue weighted by atomic mass is 35.5. The van der Waals surface area contributed by atoms with Crippen molar-refractivity contribution in [1.29, 1.82) is 0 Å². The standard InChI is InChI=1S/C24H24ClN5O3/c25-18-8-10-20(11-9-18)33-16-21(31)28-12-14-29(15-13-28)24(32)22-23(17-6-7-17)30(27-26-22)19-4-2-1-3-5-19/h1-5,8-11,17H,6-7,12-16H2. The lowest BCUT2D eigenvalue weighted by atomic mass is 10.1. The van der Waals surface area contributed by atoms with Gasteiger partial charge in [-0.05, 0) is 49.2 Å². The second kappa shape index (κ2) is 9.23. The number of halogens is 1. The van der Waals surface area contributed by atoms with E-state index in [2.05, 4.69) is 10.3 Å².